The fourth-order valence-electron chi connectivity index (χ4n) is 2.65. The van der Waals surface area contributed by atoms with E-state index >= 15 is 0 Å². The molecule has 6 heteroatoms. The second-order valence-corrected chi connectivity index (χ2v) is 6.81. The number of hydrogen-bond acceptors (Lipinski definition) is 6. The van der Waals surface area contributed by atoms with Crippen molar-refractivity contribution in [2.24, 2.45) is 0 Å². The molecule has 0 amide bonds. The molecule has 1 aliphatic heterocycles. The molecule has 0 bridgehead atoms. The second-order valence-electron chi connectivity index (χ2n) is 5.40. The van der Waals surface area contributed by atoms with Crippen LogP contribution in [0.3, 0.4) is 0 Å². The van der Waals surface area contributed by atoms with Crippen molar-refractivity contribution < 1.29 is 0 Å². The molecule has 2 aromatic rings. The molecule has 1 saturated heterocycles. The van der Waals surface area contributed by atoms with Gasteiger partial charge in [0, 0.05) is 24.0 Å². The molecule has 2 aromatic heterocycles. The van der Waals surface area contributed by atoms with Crippen LogP contribution in [0.2, 0.25) is 0 Å². The number of thiazole rings is 1. The molecule has 112 valence electrons. The van der Waals surface area contributed by atoms with E-state index in [1.165, 1.54) is 24.1 Å². The molecular formula is C15H21N5S. The van der Waals surface area contributed by atoms with Gasteiger partial charge in [-0.25, -0.2) is 15.0 Å². The van der Waals surface area contributed by atoms with Gasteiger partial charge in [-0.2, -0.15) is 0 Å². The Balaban J connectivity index is 1.67. The van der Waals surface area contributed by atoms with Crippen molar-refractivity contribution >= 4 is 23.0 Å². The topological polar surface area (TPSA) is 53.9 Å². The molecule has 1 N–H and O–H groups in total. The van der Waals surface area contributed by atoms with Crippen molar-refractivity contribution in [2.75, 3.05) is 23.3 Å². The predicted octanol–water partition coefficient (Wildman–Crippen LogP) is 3.15. The highest BCUT2D eigenvalue weighted by Gasteiger charge is 2.13. The van der Waals surface area contributed by atoms with Gasteiger partial charge >= 0.3 is 0 Å². The maximum atomic E-state index is 4.54. The first-order valence-corrected chi connectivity index (χ1v) is 8.28. The van der Waals surface area contributed by atoms with Crippen LogP contribution in [0.15, 0.2) is 12.4 Å². The van der Waals surface area contributed by atoms with Crippen LogP contribution in [0.4, 0.5) is 11.6 Å². The van der Waals surface area contributed by atoms with Crippen molar-refractivity contribution in [3.63, 3.8) is 0 Å². The SMILES string of the molecule is Cc1nc(CNc2cc(N3CCCCC3)ncn2)c(C)s1. The zero-order valence-corrected chi connectivity index (χ0v) is 13.4. The van der Waals surface area contributed by atoms with Gasteiger partial charge in [0.2, 0.25) is 0 Å². The van der Waals surface area contributed by atoms with Crippen LogP contribution in [0.25, 0.3) is 0 Å². The van der Waals surface area contributed by atoms with Crippen LogP contribution in [0.1, 0.15) is 34.8 Å². The normalized spacial score (nSPS) is 15.2. The maximum absolute atomic E-state index is 4.54. The van der Waals surface area contributed by atoms with Crippen LogP contribution in [0, 0.1) is 13.8 Å². The molecule has 0 spiro atoms. The summed E-state index contributed by atoms with van der Waals surface area (Å²) < 4.78 is 0. The molecule has 0 radical (unpaired) electrons. The fraction of sp³-hybridized carbons (Fsp3) is 0.533. The number of rotatable bonds is 4. The van der Waals surface area contributed by atoms with Crippen molar-refractivity contribution in [3.8, 4) is 0 Å². The molecule has 3 heterocycles. The van der Waals surface area contributed by atoms with Gasteiger partial charge in [-0.3, -0.25) is 0 Å². The van der Waals surface area contributed by atoms with Gasteiger partial charge in [-0.15, -0.1) is 11.3 Å². The summed E-state index contributed by atoms with van der Waals surface area (Å²) >= 11 is 1.74. The zero-order chi connectivity index (χ0) is 14.7. The molecule has 1 fully saturated rings. The Labute approximate surface area is 129 Å². The molecule has 1 aliphatic rings. The Morgan fingerprint density at radius 3 is 2.71 bits per heavy atom. The number of piperidine rings is 1. The smallest absolute Gasteiger partial charge is 0.134 e. The lowest BCUT2D eigenvalue weighted by atomic mass is 10.1. The average molecular weight is 303 g/mol. The lowest BCUT2D eigenvalue weighted by Gasteiger charge is -2.27. The molecule has 0 unspecified atom stereocenters. The predicted molar refractivity (Wildman–Crippen MR) is 87.0 cm³/mol. The fourth-order valence-corrected chi connectivity index (χ4v) is 3.48. The highest BCUT2D eigenvalue weighted by molar-refractivity contribution is 7.11. The molecule has 3 rings (SSSR count). The van der Waals surface area contributed by atoms with Crippen molar-refractivity contribution in [3.05, 3.63) is 28.0 Å². The summed E-state index contributed by atoms with van der Waals surface area (Å²) in [4.78, 5) is 16.9. The first kappa shape index (κ1) is 14.3. The third-order valence-corrected chi connectivity index (χ3v) is 4.70. The Kier molecular flexibility index (Phi) is 4.34. The van der Waals surface area contributed by atoms with E-state index < -0.39 is 0 Å². The highest BCUT2D eigenvalue weighted by Crippen LogP contribution is 2.20. The van der Waals surface area contributed by atoms with Crippen molar-refractivity contribution in [1.29, 1.82) is 0 Å². The first-order valence-electron chi connectivity index (χ1n) is 7.46. The lowest BCUT2D eigenvalue weighted by molar-refractivity contribution is 0.573. The summed E-state index contributed by atoms with van der Waals surface area (Å²) in [5, 5.41) is 4.47. The number of hydrogen-bond donors (Lipinski definition) is 1. The monoisotopic (exact) mass is 303 g/mol. The van der Waals surface area contributed by atoms with E-state index in [0.717, 1.165) is 35.4 Å². The number of nitrogens with zero attached hydrogens (tertiary/aromatic N) is 4. The van der Waals surface area contributed by atoms with Crippen LogP contribution in [-0.4, -0.2) is 28.0 Å². The third-order valence-electron chi connectivity index (χ3n) is 3.77. The summed E-state index contributed by atoms with van der Waals surface area (Å²) in [5.41, 5.74) is 1.11. The maximum Gasteiger partial charge on any atom is 0.134 e. The Hall–Kier alpha value is -1.69. The number of anilines is 2. The summed E-state index contributed by atoms with van der Waals surface area (Å²) in [5.74, 6) is 1.90. The molecule has 21 heavy (non-hydrogen) atoms. The molecule has 0 saturated carbocycles. The molecular weight excluding hydrogens is 282 g/mol. The van der Waals surface area contributed by atoms with E-state index in [2.05, 4.69) is 32.1 Å². The Morgan fingerprint density at radius 2 is 2.00 bits per heavy atom. The number of aromatic nitrogens is 3. The molecule has 0 atom stereocenters. The average Bonchev–Trinajstić information content (AvgIpc) is 2.84. The van der Waals surface area contributed by atoms with E-state index in [-0.39, 0.29) is 0 Å². The second kappa shape index (κ2) is 6.39. The van der Waals surface area contributed by atoms with Gasteiger partial charge in [0.15, 0.2) is 0 Å². The quantitative estimate of drug-likeness (QED) is 0.940. The van der Waals surface area contributed by atoms with Gasteiger partial charge in [-0.05, 0) is 33.1 Å². The van der Waals surface area contributed by atoms with Crippen LogP contribution < -0.4 is 10.2 Å². The third kappa shape index (κ3) is 3.50. The number of aryl methyl sites for hydroxylation is 2. The molecule has 0 aliphatic carbocycles. The first-order chi connectivity index (χ1) is 10.2. The van der Waals surface area contributed by atoms with E-state index in [1.54, 1.807) is 17.7 Å². The van der Waals surface area contributed by atoms with E-state index in [9.17, 15) is 0 Å². The van der Waals surface area contributed by atoms with Crippen LogP contribution >= 0.6 is 11.3 Å². The Bertz CT molecular complexity index is 604. The van der Waals surface area contributed by atoms with Gasteiger partial charge in [0.05, 0.1) is 17.2 Å². The zero-order valence-electron chi connectivity index (χ0n) is 12.6. The van der Waals surface area contributed by atoms with Crippen molar-refractivity contribution in [2.45, 2.75) is 39.7 Å². The largest absolute Gasteiger partial charge is 0.364 e. The minimum Gasteiger partial charge on any atom is -0.364 e. The van der Waals surface area contributed by atoms with Gasteiger partial charge < -0.3 is 10.2 Å². The summed E-state index contributed by atoms with van der Waals surface area (Å²) in [6.45, 7) is 7.06. The van der Waals surface area contributed by atoms with E-state index in [0.29, 0.717) is 6.54 Å². The van der Waals surface area contributed by atoms with Crippen LogP contribution in [0.5, 0.6) is 0 Å². The summed E-state index contributed by atoms with van der Waals surface area (Å²) in [7, 11) is 0. The van der Waals surface area contributed by atoms with Gasteiger partial charge in [0.25, 0.3) is 0 Å². The van der Waals surface area contributed by atoms with Crippen molar-refractivity contribution in [1.82, 2.24) is 15.0 Å². The molecule has 0 aromatic carbocycles. The minimum absolute atomic E-state index is 0.715. The number of nitrogens with one attached hydrogen (secondary N) is 1. The van der Waals surface area contributed by atoms with E-state index in [1.807, 2.05) is 13.0 Å². The standard InChI is InChI=1S/C15H21N5S/c1-11-13(19-12(2)21-11)9-16-14-8-15(18-10-17-14)20-6-4-3-5-7-20/h8,10H,3-7,9H2,1-2H3,(H,16,17,18). The van der Waals surface area contributed by atoms with Gasteiger partial charge in [-0.1, -0.05) is 0 Å². The Morgan fingerprint density at radius 1 is 1.19 bits per heavy atom. The van der Waals surface area contributed by atoms with Gasteiger partial charge in [0.1, 0.15) is 18.0 Å². The summed E-state index contributed by atoms with van der Waals surface area (Å²) in [6.07, 6.45) is 5.48. The highest BCUT2D eigenvalue weighted by atomic mass is 32.1. The summed E-state index contributed by atoms with van der Waals surface area (Å²) in [6, 6.07) is 2.04. The lowest BCUT2D eigenvalue weighted by Crippen LogP contribution is -2.30. The minimum atomic E-state index is 0.715. The van der Waals surface area contributed by atoms with E-state index in [4.69, 9.17) is 0 Å². The van der Waals surface area contributed by atoms with Crippen LogP contribution in [-0.2, 0) is 6.54 Å². The molecule has 5 nitrogen and oxygen atoms in total.